The third-order valence-electron chi connectivity index (χ3n) is 0.387. The zero-order valence-corrected chi connectivity index (χ0v) is 13.8. The van der Waals surface area contributed by atoms with E-state index in [-0.39, 0.29) is 51.4 Å². The second-order valence-corrected chi connectivity index (χ2v) is 4.85. The maximum atomic E-state index is 10.3. The van der Waals surface area contributed by atoms with Crippen LogP contribution in [0.25, 0.3) is 0 Å². The van der Waals surface area contributed by atoms with Crippen LogP contribution in [0.2, 0.25) is 0 Å². The molecule has 0 spiro atoms. The van der Waals surface area contributed by atoms with Crippen molar-refractivity contribution >= 4 is 24.3 Å². The summed E-state index contributed by atoms with van der Waals surface area (Å²) in [5.74, 6) is 0. The molecule has 0 rings (SSSR count). The minimum atomic E-state index is -4.84. The summed E-state index contributed by atoms with van der Waals surface area (Å²) < 4.78 is 36.6. The predicted octanol–water partition coefficient (Wildman–Crippen LogP) is -3.41. The van der Waals surface area contributed by atoms with Gasteiger partial charge < -0.3 is 25.4 Å². The maximum absolute atomic E-state index is 10.3. The maximum Gasteiger partial charge on any atom is 1.00 e. The molecule has 0 saturated heterocycles. The number of hydroxylamine groups is 1. The Balaban J connectivity index is -0.000000320. The second-order valence-electron chi connectivity index (χ2n) is 1.39. The molecular weight excluding hydrogens is 302 g/mol. The minimum Gasteiger partial charge on any atom is -0.788 e. The minimum absolute atomic E-state index is 0. The molecule has 0 heterocycles. The Hall–Kier alpha value is 2.05. The van der Waals surface area contributed by atoms with Crippen molar-refractivity contribution in [2.75, 3.05) is 7.05 Å². The Morgan fingerprint density at radius 2 is 1.47 bits per heavy atom. The van der Waals surface area contributed by atoms with Crippen molar-refractivity contribution in [3.05, 3.63) is 5.21 Å². The quantitative estimate of drug-likeness (QED) is 0.233. The molecule has 0 fully saturated rings. The summed E-state index contributed by atoms with van der Waals surface area (Å²) in [6.45, 7) is 0. The molecule has 14 heteroatoms. The molecule has 88 valence electrons. The van der Waals surface area contributed by atoms with Gasteiger partial charge in [0.1, 0.15) is 0 Å². The number of hydrogen-bond acceptors (Lipinski definition) is 7. The van der Waals surface area contributed by atoms with E-state index in [0.717, 1.165) is 0 Å². The van der Waals surface area contributed by atoms with E-state index in [1.54, 1.807) is 0 Å². The summed E-state index contributed by atoms with van der Waals surface area (Å²) in [6, 6.07) is 0. The molecule has 4 N–H and O–H groups in total. The van der Waals surface area contributed by atoms with Gasteiger partial charge in [0.2, 0.25) is 0 Å². The first-order chi connectivity index (χ1) is 6.25. The van der Waals surface area contributed by atoms with Gasteiger partial charge in [-0.2, -0.15) is 0 Å². The van der Waals surface area contributed by atoms with E-state index in [1.165, 1.54) is 12.5 Å². The molecule has 0 aromatic heterocycles. The van der Waals surface area contributed by atoms with E-state index < -0.39 is 24.3 Å². The van der Waals surface area contributed by atoms with E-state index in [2.05, 4.69) is 8.62 Å². The molecule has 15 heavy (non-hydrogen) atoms. The van der Waals surface area contributed by atoms with Crippen molar-refractivity contribution in [1.29, 1.82) is 0 Å². The van der Waals surface area contributed by atoms with Gasteiger partial charge in [0, 0.05) is 0 Å². The molecule has 0 bridgehead atoms. The number of nitrogens with one attached hydrogen (secondary N) is 1. The predicted molar refractivity (Wildman–Crippen MR) is 46.9 cm³/mol. The molecule has 0 aromatic rings. The van der Waals surface area contributed by atoms with Gasteiger partial charge in [0.05, 0.1) is 0 Å². The zero-order chi connectivity index (χ0) is 11.8. The standard InChI is InChI=1S/CH4NO.K.H5O8P3/c1-2-3;;1-9(2)7-11(5,6)8-10(3)4/h2H,1H3;;9-10H,(H,1,2)(H,3,4)(H,5,6)/q-1;+1;. The van der Waals surface area contributed by atoms with Crippen molar-refractivity contribution in [3.63, 3.8) is 0 Å². The van der Waals surface area contributed by atoms with Crippen molar-refractivity contribution in [3.8, 4) is 0 Å². The van der Waals surface area contributed by atoms with E-state index in [4.69, 9.17) is 19.9 Å². The molecule has 0 aromatic carbocycles. The second kappa shape index (κ2) is 12.5. The molecule has 2 unspecified atom stereocenters. The van der Waals surface area contributed by atoms with Crippen molar-refractivity contribution in [1.82, 2.24) is 5.48 Å². The summed E-state index contributed by atoms with van der Waals surface area (Å²) in [5, 5.41) is 8.68. The van der Waals surface area contributed by atoms with E-state index >= 15 is 0 Å². The number of hydrogen-bond donors (Lipinski definition) is 4. The number of phosphoric acid groups is 1. The van der Waals surface area contributed by atoms with Gasteiger partial charge in [0.15, 0.2) is 0 Å². The first-order valence-electron chi connectivity index (χ1n) is 2.72. The van der Waals surface area contributed by atoms with Crippen molar-refractivity contribution in [2.24, 2.45) is 0 Å². The first kappa shape index (κ1) is 22.2. The molecule has 0 amide bonds. The fourth-order valence-corrected chi connectivity index (χ4v) is 2.28. The molecule has 0 aliphatic heterocycles. The van der Waals surface area contributed by atoms with Crippen LogP contribution in [0, 0.1) is 5.21 Å². The van der Waals surface area contributed by atoms with Gasteiger partial charge in [0.25, 0.3) is 0 Å². The Morgan fingerprint density at radius 3 is 1.60 bits per heavy atom. The van der Waals surface area contributed by atoms with Crippen LogP contribution in [0.1, 0.15) is 0 Å². The average Bonchev–Trinajstić information content (AvgIpc) is 1.80. The fourth-order valence-electron chi connectivity index (χ4n) is 0.216. The van der Waals surface area contributed by atoms with E-state index in [0.29, 0.717) is 0 Å². The van der Waals surface area contributed by atoms with Crippen molar-refractivity contribution in [2.45, 2.75) is 0 Å². The van der Waals surface area contributed by atoms with Crippen LogP contribution in [0.3, 0.4) is 0 Å². The van der Waals surface area contributed by atoms with E-state index in [1.807, 2.05) is 0 Å². The van der Waals surface area contributed by atoms with Crippen LogP contribution < -0.4 is 56.9 Å². The van der Waals surface area contributed by atoms with Gasteiger partial charge in [-0.25, -0.2) is 13.2 Å². The van der Waals surface area contributed by atoms with Crippen LogP contribution in [0.15, 0.2) is 0 Å². The van der Waals surface area contributed by atoms with E-state index in [9.17, 15) is 13.7 Å². The summed E-state index contributed by atoms with van der Waals surface area (Å²) >= 11 is 0. The summed E-state index contributed by atoms with van der Waals surface area (Å²) in [5.41, 5.74) is 1.50. The smallest absolute Gasteiger partial charge is 0.788 e. The van der Waals surface area contributed by atoms with Crippen molar-refractivity contribution < 1.29 is 88.4 Å². The van der Waals surface area contributed by atoms with Gasteiger partial charge in [-0.15, -0.1) is 0 Å². The van der Waals surface area contributed by atoms with Crippen LogP contribution in [-0.2, 0) is 22.3 Å². The normalized spacial score (nSPS) is 17.4. The molecule has 0 saturated carbocycles. The van der Waals surface area contributed by atoms with Gasteiger partial charge in [-0.05, 0) is 7.05 Å². The zero-order valence-electron chi connectivity index (χ0n) is 7.74. The van der Waals surface area contributed by atoms with Crippen LogP contribution in [-0.4, -0.2) is 21.7 Å². The Bertz CT molecular complexity index is 224. The summed E-state index contributed by atoms with van der Waals surface area (Å²) in [7, 11) is -10.8. The Kier molecular flexibility index (Phi) is 18.5. The summed E-state index contributed by atoms with van der Waals surface area (Å²) in [6.07, 6.45) is 0. The van der Waals surface area contributed by atoms with Crippen LogP contribution >= 0.6 is 24.3 Å². The average molecular weight is 311 g/mol. The molecular formula is CH9KNO9P3. The third kappa shape index (κ3) is 21.8. The first-order valence-corrected chi connectivity index (χ1v) is 6.74. The fraction of sp³-hybridized carbons (Fsp3) is 1.00. The molecule has 10 nitrogen and oxygen atoms in total. The molecule has 0 aliphatic carbocycles. The number of rotatable bonds is 4. The van der Waals surface area contributed by atoms with Crippen LogP contribution in [0.4, 0.5) is 0 Å². The summed E-state index contributed by atoms with van der Waals surface area (Å²) in [4.78, 5) is 24.2. The van der Waals surface area contributed by atoms with Gasteiger partial charge in [-0.1, -0.05) is 0 Å². The van der Waals surface area contributed by atoms with Gasteiger partial charge in [-0.3, -0.25) is 9.13 Å². The Morgan fingerprint density at radius 1 is 1.27 bits per heavy atom. The van der Waals surface area contributed by atoms with Crippen LogP contribution in [0.5, 0.6) is 0 Å². The largest absolute Gasteiger partial charge is 1.00 e. The molecule has 0 aliphatic rings. The topological polar surface area (TPSA) is 165 Å². The SMILES string of the molecule is CN[O-].O=[PH](O)OP(=O)(O)O[PH](=O)O.[K+]. The van der Waals surface area contributed by atoms with Gasteiger partial charge >= 0.3 is 75.7 Å². The monoisotopic (exact) mass is 311 g/mol. The third-order valence-corrected chi connectivity index (χ3v) is 3.48. The molecule has 2 atom stereocenters. The molecule has 0 radical (unpaired) electrons. The Labute approximate surface area is 129 Å².